The monoisotopic (exact) mass is 440 g/mol. The van der Waals surface area contributed by atoms with Crippen LogP contribution in [0.5, 0.6) is 0 Å². The van der Waals surface area contributed by atoms with Gasteiger partial charge in [-0.05, 0) is 31.2 Å². The summed E-state index contributed by atoms with van der Waals surface area (Å²) in [5.41, 5.74) is 4.30. The number of benzene rings is 3. The Morgan fingerprint density at radius 2 is 1.58 bits per heavy atom. The number of thiophene rings is 1. The highest BCUT2D eigenvalue weighted by Crippen LogP contribution is 2.43. The molecule has 0 saturated carbocycles. The number of aryl methyl sites for hydroxylation is 1. The minimum atomic E-state index is 0.745. The Balaban J connectivity index is 1.96. The third-order valence-corrected chi connectivity index (χ3v) is 6.45. The molecule has 1 aromatic heterocycles. The molecule has 0 aliphatic heterocycles. The summed E-state index contributed by atoms with van der Waals surface area (Å²) in [6.07, 6.45) is 0. The molecule has 4 heteroatoms. The summed E-state index contributed by atoms with van der Waals surface area (Å²) in [6.45, 7) is 2.09. The third kappa shape index (κ3) is 2.45. The Bertz CT molecular complexity index is 1090. The smallest absolute Gasteiger partial charge is 0.101 e. The van der Waals surface area contributed by atoms with E-state index in [4.69, 9.17) is 0 Å². The predicted octanol–water partition coefficient (Wildman–Crippen LogP) is 6.72. The summed E-state index contributed by atoms with van der Waals surface area (Å²) in [5.74, 6) is 0. The fourth-order valence-electron chi connectivity index (χ4n) is 2.86. The molecule has 0 bridgehead atoms. The van der Waals surface area contributed by atoms with Gasteiger partial charge in [0.05, 0.1) is 49.2 Å². The predicted molar refractivity (Wildman–Crippen MR) is 111 cm³/mol. The summed E-state index contributed by atoms with van der Waals surface area (Å²) in [6, 6.07) is 23.1. The van der Waals surface area contributed by atoms with E-state index in [0.717, 1.165) is 27.0 Å². The van der Waals surface area contributed by atoms with Crippen LogP contribution in [0, 0.1) is 18.3 Å². The van der Waals surface area contributed by atoms with Crippen molar-refractivity contribution in [3.8, 4) is 6.07 Å². The topological polar surface area (TPSA) is 27.0 Å². The van der Waals surface area contributed by atoms with Gasteiger partial charge in [0.1, 0.15) is 6.07 Å². The molecular weight excluding hydrogens is 427 g/mol. The largest absolute Gasteiger partial charge is 0.282 e. The van der Waals surface area contributed by atoms with Crippen molar-refractivity contribution in [3.05, 3.63) is 71.8 Å². The van der Waals surface area contributed by atoms with E-state index in [1.165, 1.54) is 15.6 Å². The number of rotatable bonds is 2. The van der Waals surface area contributed by atoms with Crippen molar-refractivity contribution in [1.29, 1.82) is 5.26 Å². The number of nitriles is 1. The molecule has 0 atom stereocenters. The molecule has 4 rings (SSSR count). The number of hydrogen-bond acceptors (Lipinski definition) is 3. The van der Waals surface area contributed by atoms with Gasteiger partial charge in [-0.25, -0.2) is 0 Å². The third-order valence-electron chi connectivity index (χ3n) is 4.10. The lowest BCUT2D eigenvalue weighted by Gasteiger charge is -2.17. The van der Waals surface area contributed by atoms with Gasteiger partial charge in [-0.2, -0.15) is 5.26 Å². The zero-order chi connectivity index (χ0) is 16.7. The van der Waals surface area contributed by atoms with Crippen LogP contribution in [-0.2, 0) is 0 Å². The Kier molecular flexibility index (Phi) is 3.91. The van der Waals surface area contributed by atoms with Crippen LogP contribution in [0.3, 0.4) is 0 Å². The van der Waals surface area contributed by atoms with Crippen molar-refractivity contribution in [2.45, 2.75) is 6.92 Å². The summed E-state index contributed by atoms with van der Waals surface area (Å²) in [7, 11) is 0. The van der Waals surface area contributed by atoms with Crippen molar-refractivity contribution in [1.82, 2.24) is 0 Å². The Labute approximate surface area is 158 Å². The molecule has 24 heavy (non-hydrogen) atoms. The first-order chi connectivity index (χ1) is 11.7. The number of anilines is 2. The van der Waals surface area contributed by atoms with Gasteiger partial charge in [-0.15, -0.1) is 11.3 Å². The molecular formula is C20H13IN2S. The molecule has 0 unspecified atom stereocenters. The maximum Gasteiger partial charge on any atom is 0.101 e. The fourth-order valence-corrected chi connectivity index (χ4v) is 5.02. The van der Waals surface area contributed by atoms with Crippen molar-refractivity contribution in [2.75, 3.05) is 3.11 Å². The molecule has 0 aliphatic rings. The van der Waals surface area contributed by atoms with Gasteiger partial charge in [-0.3, -0.25) is 3.11 Å². The molecule has 0 aliphatic carbocycles. The van der Waals surface area contributed by atoms with E-state index < -0.39 is 0 Å². The van der Waals surface area contributed by atoms with Gasteiger partial charge in [0.25, 0.3) is 0 Å². The quantitative estimate of drug-likeness (QED) is 0.256. The Hall–Kier alpha value is -2.10. The highest BCUT2D eigenvalue weighted by atomic mass is 127. The van der Waals surface area contributed by atoms with Gasteiger partial charge in [0.2, 0.25) is 0 Å². The lowest BCUT2D eigenvalue weighted by molar-refractivity contribution is 1.43. The molecule has 1 heterocycles. The van der Waals surface area contributed by atoms with Gasteiger partial charge >= 0.3 is 0 Å². The zero-order valence-electron chi connectivity index (χ0n) is 13.0. The van der Waals surface area contributed by atoms with Crippen molar-refractivity contribution >= 4 is 65.7 Å². The molecule has 0 radical (unpaired) electrons. The molecule has 0 spiro atoms. The van der Waals surface area contributed by atoms with Crippen LogP contribution < -0.4 is 3.11 Å². The summed E-state index contributed by atoms with van der Waals surface area (Å²) >= 11 is 4.05. The van der Waals surface area contributed by atoms with Gasteiger partial charge in [-0.1, -0.05) is 42.0 Å². The number of halogens is 1. The minimum Gasteiger partial charge on any atom is -0.282 e. The number of nitrogens with zero attached hydrogens (tertiary/aromatic N) is 2. The first-order valence-corrected chi connectivity index (χ1v) is 9.34. The molecule has 0 fully saturated rings. The maximum absolute atomic E-state index is 9.39. The zero-order valence-corrected chi connectivity index (χ0v) is 15.9. The van der Waals surface area contributed by atoms with E-state index in [1.54, 1.807) is 11.3 Å². The van der Waals surface area contributed by atoms with E-state index in [2.05, 4.69) is 87.5 Å². The molecule has 0 N–H and O–H groups in total. The lowest BCUT2D eigenvalue weighted by Crippen LogP contribution is -2.00. The lowest BCUT2D eigenvalue weighted by atomic mass is 10.1. The first-order valence-electron chi connectivity index (χ1n) is 7.56. The molecule has 4 aromatic rings. The van der Waals surface area contributed by atoms with E-state index in [9.17, 15) is 5.26 Å². The van der Waals surface area contributed by atoms with E-state index in [1.807, 2.05) is 12.1 Å². The normalized spacial score (nSPS) is 10.9. The molecule has 2 nitrogen and oxygen atoms in total. The highest BCUT2D eigenvalue weighted by Gasteiger charge is 2.15. The van der Waals surface area contributed by atoms with E-state index in [-0.39, 0.29) is 0 Å². The van der Waals surface area contributed by atoms with Crippen LogP contribution in [-0.4, -0.2) is 0 Å². The van der Waals surface area contributed by atoms with Crippen LogP contribution in [0.2, 0.25) is 0 Å². The van der Waals surface area contributed by atoms with E-state index in [0.29, 0.717) is 0 Å². The molecule has 0 saturated heterocycles. The average Bonchev–Trinajstić information content (AvgIpc) is 3.00. The molecule has 3 aromatic carbocycles. The van der Waals surface area contributed by atoms with Gasteiger partial charge < -0.3 is 0 Å². The average molecular weight is 440 g/mol. The highest BCUT2D eigenvalue weighted by molar-refractivity contribution is 14.1. The van der Waals surface area contributed by atoms with Crippen LogP contribution in [0.25, 0.3) is 20.2 Å². The van der Waals surface area contributed by atoms with Crippen LogP contribution in [0.1, 0.15) is 11.1 Å². The Morgan fingerprint density at radius 3 is 2.29 bits per heavy atom. The SMILES string of the molecule is Cc1ccc(N(I)c2cccc3c2sc2c(C#N)cccc23)cc1. The molecule has 116 valence electrons. The summed E-state index contributed by atoms with van der Waals surface area (Å²) in [5, 5.41) is 11.8. The van der Waals surface area contributed by atoms with E-state index >= 15 is 0 Å². The second kappa shape index (κ2) is 6.08. The number of fused-ring (bicyclic) bond motifs is 3. The van der Waals surface area contributed by atoms with Crippen molar-refractivity contribution in [2.24, 2.45) is 0 Å². The maximum atomic E-state index is 9.39. The standard InChI is InChI=1S/C20H13IN2S/c1-13-8-10-15(11-9-13)23(21)18-7-3-6-17-16-5-2-4-14(12-22)19(16)24-20(17)18/h2-11H,1H3. The summed E-state index contributed by atoms with van der Waals surface area (Å²) < 4.78 is 4.46. The van der Waals surface area contributed by atoms with Crippen LogP contribution in [0.15, 0.2) is 60.7 Å². The van der Waals surface area contributed by atoms with Gasteiger partial charge in [0, 0.05) is 10.8 Å². The van der Waals surface area contributed by atoms with Crippen LogP contribution >= 0.6 is 34.2 Å². The van der Waals surface area contributed by atoms with Crippen LogP contribution in [0.4, 0.5) is 11.4 Å². The van der Waals surface area contributed by atoms with Crippen molar-refractivity contribution < 1.29 is 0 Å². The second-order valence-corrected chi connectivity index (χ2v) is 7.65. The fraction of sp³-hybridized carbons (Fsp3) is 0.0500. The van der Waals surface area contributed by atoms with Gasteiger partial charge in [0.15, 0.2) is 0 Å². The Morgan fingerprint density at radius 1 is 0.917 bits per heavy atom. The first kappa shape index (κ1) is 15.4. The minimum absolute atomic E-state index is 0.745. The molecule has 0 amide bonds. The van der Waals surface area contributed by atoms with Crippen molar-refractivity contribution in [3.63, 3.8) is 0 Å². The second-order valence-electron chi connectivity index (χ2n) is 5.67. The summed E-state index contributed by atoms with van der Waals surface area (Å²) in [4.78, 5) is 0. The number of hydrogen-bond donors (Lipinski definition) is 0.